The molecule has 0 aliphatic carbocycles. The van der Waals surface area contributed by atoms with E-state index in [0.29, 0.717) is 18.4 Å². The Kier molecular flexibility index (Phi) is 2.55. The molecule has 1 aromatic heterocycles. The molecule has 0 N–H and O–H groups in total. The number of aromatic nitrogens is 2. The topological polar surface area (TPSA) is 27.1 Å². The van der Waals surface area contributed by atoms with E-state index in [9.17, 15) is 0 Å². The van der Waals surface area contributed by atoms with E-state index in [0.717, 1.165) is 11.5 Å². The van der Waals surface area contributed by atoms with E-state index in [1.165, 1.54) is 5.70 Å². The summed E-state index contributed by atoms with van der Waals surface area (Å²) in [5.74, 6) is 1.99. The Balaban J connectivity index is 2.54. The van der Waals surface area contributed by atoms with E-state index < -0.39 is 0 Å². The third kappa shape index (κ3) is 1.66. The first-order chi connectivity index (χ1) is 7.11. The molecule has 1 aliphatic heterocycles. The van der Waals surface area contributed by atoms with Crippen LogP contribution in [-0.2, 0) is 11.3 Å². The fourth-order valence-corrected chi connectivity index (χ4v) is 2.02. The largest absolute Gasteiger partial charge is 0.490 e. The maximum atomic E-state index is 5.82. The molecule has 0 spiro atoms. The first-order valence-corrected chi connectivity index (χ1v) is 5.49. The molecule has 0 saturated carbocycles. The highest BCUT2D eigenvalue weighted by Crippen LogP contribution is 2.31. The first kappa shape index (κ1) is 10.3. The zero-order chi connectivity index (χ0) is 11.0. The highest BCUT2D eigenvalue weighted by molar-refractivity contribution is 5.53. The fraction of sp³-hybridized carbons (Fsp3) is 0.583. The summed E-state index contributed by atoms with van der Waals surface area (Å²) in [5.41, 5.74) is 2.40. The van der Waals surface area contributed by atoms with E-state index in [4.69, 9.17) is 4.74 Å². The third-order valence-corrected chi connectivity index (χ3v) is 2.67. The molecule has 82 valence electrons. The van der Waals surface area contributed by atoms with Gasteiger partial charge in [0, 0.05) is 5.92 Å². The maximum Gasteiger partial charge on any atom is 0.130 e. The molecule has 0 bridgehead atoms. The monoisotopic (exact) mass is 206 g/mol. The molecule has 2 heterocycles. The Morgan fingerprint density at radius 2 is 2.00 bits per heavy atom. The van der Waals surface area contributed by atoms with Crippen molar-refractivity contribution in [2.24, 2.45) is 11.8 Å². The summed E-state index contributed by atoms with van der Waals surface area (Å²) in [4.78, 5) is 4.18. The number of allylic oxidation sites excluding steroid dienone is 2. The molecule has 1 aliphatic rings. The van der Waals surface area contributed by atoms with Crippen molar-refractivity contribution in [1.29, 1.82) is 0 Å². The predicted octanol–water partition coefficient (Wildman–Crippen LogP) is 2.89. The molecule has 15 heavy (non-hydrogen) atoms. The molecule has 0 atom stereocenters. The normalized spacial score (nSPS) is 15.9. The highest BCUT2D eigenvalue weighted by atomic mass is 16.5. The number of fused-ring (bicyclic) bond motifs is 1. The van der Waals surface area contributed by atoms with Gasteiger partial charge in [-0.1, -0.05) is 27.7 Å². The molecule has 3 nitrogen and oxygen atoms in total. The van der Waals surface area contributed by atoms with E-state index >= 15 is 0 Å². The number of ether oxygens (including phenoxy) is 1. The Hall–Kier alpha value is -1.25. The number of hydrogen-bond acceptors (Lipinski definition) is 2. The Labute approximate surface area is 90.8 Å². The van der Waals surface area contributed by atoms with Crippen LogP contribution in [0.5, 0.6) is 0 Å². The number of hydrogen-bond donors (Lipinski definition) is 0. The number of imidazole rings is 1. The van der Waals surface area contributed by atoms with Crippen LogP contribution in [0.1, 0.15) is 33.4 Å². The Morgan fingerprint density at radius 3 is 2.60 bits per heavy atom. The van der Waals surface area contributed by atoms with Crippen LogP contribution < -0.4 is 0 Å². The molecule has 2 rings (SSSR count). The van der Waals surface area contributed by atoms with Crippen LogP contribution in [0, 0.1) is 11.8 Å². The summed E-state index contributed by atoms with van der Waals surface area (Å²) in [6.45, 7) is 9.36. The van der Waals surface area contributed by atoms with Crippen LogP contribution >= 0.6 is 0 Å². The molecule has 0 aromatic carbocycles. The lowest BCUT2D eigenvalue weighted by Gasteiger charge is -2.27. The van der Waals surface area contributed by atoms with Crippen LogP contribution in [0.4, 0.5) is 0 Å². The number of rotatable bonds is 2. The smallest absolute Gasteiger partial charge is 0.130 e. The summed E-state index contributed by atoms with van der Waals surface area (Å²) < 4.78 is 7.99. The van der Waals surface area contributed by atoms with Crippen molar-refractivity contribution in [3.63, 3.8) is 0 Å². The van der Waals surface area contributed by atoms with Crippen LogP contribution in [0.15, 0.2) is 18.3 Å². The summed E-state index contributed by atoms with van der Waals surface area (Å²) in [6, 6.07) is 0. The molecule has 3 heteroatoms. The number of nitrogens with zero attached hydrogens (tertiary/aromatic N) is 2. The second kappa shape index (κ2) is 3.72. The lowest BCUT2D eigenvalue weighted by atomic mass is 10.0. The Bertz CT molecular complexity index is 388. The van der Waals surface area contributed by atoms with Gasteiger partial charge in [-0.3, -0.25) is 4.57 Å². The molecule has 0 saturated heterocycles. The second-order valence-electron chi connectivity index (χ2n) is 4.60. The molecule has 0 unspecified atom stereocenters. The standard InChI is InChI=1S/C12H18N2O/c1-8(2)11-12(9(3)4)15-6-10-5-13-7-14(10)11/h5,7-9H,6H2,1-4H3. The summed E-state index contributed by atoms with van der Waals surface area (Å²) in [6.07, 6.45) is 3.76. The molecule has 0 radical (unpaired) electrons. The van der Waals surface area contributed by atoms with Gasteiger partial charge in [-0.05, 0) is 5.92 Å². The van der Waals surface area contributed by atoms with Gasteiger partial charge in [-0.15, -0.1) is 0 Å². The fourth-order valence-electron chi connectivity index (χ4n) is 2.02. The minimum atomic E-state index is 0.429. The van der Waals surface area contributed by atoms with Crippen molar-refractivity contribution in [2.45, 2.75) is 34.3 Å². The summed E-state index contributed by atoms with van der Waals surface area (Å²) in [7, 11) is 0. The van der Waals surface area contributed by atoms with Crippen molar-refractivity contribution in [3.05, 3.63) is 24.0 Å². The highest BCUT2D eigenvalue weighted by Gasteiger charge is 2.23. The Morgan fingerprint density at radius 1 is 1.27 bits per heavy atom. The molecular formula is C12H18N2O. The van der Waals surface area contributed by atoms with Crippen LogP contribution in [0.3, 0.4) is 0 Å². The van der Waals surface area contributed by atoms with Crippen LogP contribution in [0.25, 0.3) is 5.70 Å². The summed E-state index contributed by atoms with van der Waals surface area (Å²) >= 11 is 0. The third-order valence-electron chi connectivity index (χ3n) is 2.67. The minimum Gasteiger partial charge on any atom is -0.490 e. The van der Waals surface area contributed by atoms with Crippen LogP contribution in [-0.4, -0.2) is 9.55 Å². The molecular weight excluding hydrogens is 188 g/mol. The quantitative estimate of drug-likeness (QED) is 0.744. The van der Waals surface area contributed by atoms with Crippen molar-refractivity contribution in [3.8, 4) is 0 Å². The zero-order valence-corrected chi connectivity index (χ0v) is 9.82. The minimum absolute atomic E-state index is 0.429. The van der Waals surface area contributed by atoms with Gasteiger partial charge in [-0.25, -0.2) is 4.98 Å². The zero-order valence-electron chi connectivity index (χ0n) is 9.82. The van der Waals surface area contributed by atoms with Crippen molar-refractivity contribution in [1.82, 2.24) is 9.55 Å². The van der Waals surface area contributed by atoms with Crippen LogP contribution in [0.2, 0.25) is 0 Å². The lowest BCUT2D eigenvalue weighted by Crippen LogP contribution is -2.19. The van der Waals surface area contributed by atoms with Gasteiger partial charge in [0.2, 0.25) is 0 Å². The second-order valence-corrected chi connectivity index (χ2v) is 4.60. The van der Waals surface area contributed by atoms with E-state index in [1.54, 1.807) is 0 Å². The van der Waals surface area contributed by atoms with Gasteiger partial charge in [0.05, 0.1) is 23.9 Å². The van der Waals surface area contributed by atoms with Gasteiger partial charge in [0.15, 0.2) is 0 Å². The predicted molar refractivity (Wildman–Crippen MR) is 59.9 cm³/mol. The van der Waals surface area contributed by atoms with Gasteiger partial charge in [0.1, 0.15) is 12.4 Å². The van der Waals surface area contributed by atoms with Gasteiger partial charge in [0.25, 0.3) is 0 Å². The van der Waals surface area contributed by atoms with E-state index in [1.807, 2.05) is 12.5 Å². The average molecular weight is 206 g/mol. The molecule has 0 amide bonds. The van der Waals surface area contributed by atoms with E-state index in [-0.39, 0.29) is 0 Å². The molecule has 0 fully saturated rings. The van der Waals surface area contributed by atoms with Crippen molar-refractivity contribution < 1.29 is 4.74 Å². The van der Waals surface area contributed by atoms with Crippen molar-refractivity contribution in [2.75, 3.05) is 0 Å². The van der Waals surface area contributed by atoms with Gasteiger partial charge < -0.3 is 4.74 Å². The lowest BCUT2D eigenvalue weighted by molar-refractivity contribution is 0.156. The summed E-state index contributed by atoms with van der Waals surface area (Å²) in [5, 5.41) is 0. The van der Waals surface area contributed by atoms with Crippen molar-refractivity contribution >= 4 is 5.70 Å². The van der Waals surface area contributed by atoms with Gasteiger partial charge >= 0.3 is 0 Å². The maximum absolute atomic E-state index is 5.82. The molecule has 1 aromatic rings. The SMILES string of the molecule is CC(C)C1=C(C(C)C)n2cncc2CO1. The average Bonchev–Trinajstić information content (AvgIpc) is 2.62. The van der Waals surface area contributed by atoms with E-state index in [2.05, 4.69) is 37.2 Å². The first-order valence-electron chi connectivity index (χ1n) is 5.49. The van der Waals surface area contributed by atoms with Gasteiger partial charge in [-0.2, -0.15) is 0 Å².